The van der Waals surface area contributed by atoms with E-state index in [0.29, 0.717) is 13.0 Å². The fourth-order valence-corrected chi connectivity index (χ4v) is 2.99. The third kappa shape index (κ3) is 4.36. The number of urea groups is 1. The Morgan fingerprint density at radius 2 is 1.62 bits per heavy atom. The van der Waals surface area contributed by atoms with E-state index in [1.54, 1.807) is 0 Å². The molecule has 2 aromatic carbocycles. The Morgan fingerprint density at radius 3 is 2.25 bits per heavy atom. The van der Waals surface area contributed by atoms with Gasteiger partial charge >= 0.3 is 6.03 Å². The van der Waals surface area contributed by atoms with Gasteiger partial charge in [-0.2, -0.15) is 0 Å². The number of hydrogen-bond donors (Lipinski definition) is 3. The molecule has 0 aliphatic heterocycles. The molecule has 3 N–H and O–H groups in total. The van der Waals surface area contributed by atoms with E-state index in [-0.39, 0.29) is 18.0 Å². The minimum atomic E-state index is -0.581. The molecule has 1 aliphatic carbocycles. The van der Waals surface area contributed by atoms with Crippen LogP contribution in [0.5, 0.6) is 0 Å². The summed E-state index contributed by atoms with van der Waals surface area (Å²) >= 11 is 0. The van der Waals surface area contributed by atoms with Gasteiger partial charge in [-0.25, -0.2) is 4.79 Å². The largest absolute Gasteiger partial charge is 0.391 e. The number of nitrogens with one attached hydrogen (secondary N) is 2. The highest BCUT2D eigenvalue weighted by Gasteiger charge is 2.44. The molecule has 1 atom stereocenters. The van der Waals surface area contributed by atoms with Crippen molar-refractivity contribution >= 4 is 6.03 Å². The standard InChI is InChI=1S/C20H24N2O2/c23-18(13-16-7-3-1-4-8-16)14-21-19(24)22-15-20(11-12-20)17-9-5-2-6-10-17/h1-10,18,23H,11-15H2,(H2,21,22,24). The molecule has 0 bridgehead atoms. The summed E-state index contributed by atoms with van der Waals surface area (Å²) in [6.07, 6.45) is 2.17. The van der Waals surface area contributed by atoms with Gasteiger partial charge in [0.05, 0.1) is 6.10 Å². The minimum Gasteiger partial charge on any atom is -0.391 e. The lowest BCUT2D eigenvalue weighted by molar-refractivity contribution is 0.170. The normalized spacial score (nSPS) is 16.2. The molecule has 2 aromatic rings. The summed E-state index contributed by atoms with van der Waals surface area (Å²) in [4.78, 5) is 12.0. The third-order valence-corrected chi connectivity index (χ3v) is 4.64. The molecular formula is C20H24N2O2. The van der Waals surface area contributed by atoms with Crippen molar-refractivity contribution in [1.82, 2.24) is 10.6 Å². The van der Waals surface area contributed by atoms with Crippen LogP contribution in [0.4, 0.5) is 4.79 Å². The maximum absolute atomic E-state index is 12.0. The van der Waals surface area contributed by atoms with Crippen LogP contribution in [0.25, 0.3) is 0 Å². The van der Waals surface area contributed by atoms with Crippen molar-refractivity contribution in [3.63, 3.8) is 0 Å². The van der Waals surface area contributed by atoms with Crippen molar-refractivity contribution in [2.75, 3.05) is 13.1 Å². The Labute approximate surface area is 142 Å². The number of benzene rings is 2. The van der Waals surface area contributed by atoms with Crippen LogP contribution in [0.2, 0.25) is 0 Å². The lowest BCUT2D eigenvalue weighted by Crippen LogP contribution is -2.43. The fraction of sp³-hybridized carbons (Fsp3) is 0.350. The molecule has 4 nitrogen and oxygen atoms in total. The van der Waals surface area contributed by atoms with Gasteiger partial charge in [-0.1, -0.05) is 60.7 Å². The summed E-state index contributed by atoms with van der Waals surface area (Å²) in [7, 11) is 0. The lowest BCUT2D eigenvalue weighted by atomic mass is 9.96. The quantitative estimate of drug-likeness (QED) is 0.733. The minimum absolute atomic E-state index is 0.0985. The Bertz CT molecular complexity index is 654. The Kier molecular flexibility index (Phi) is 5.16. The second-order valence-corrected chi connectivity index (χ2v) is 6.55. The van der Waals surface area contributed by atoms with E-state index in [1.807, 2.05) is 48.5 Å². The molecule has 1 saturated carbocycles. The topological polar surface area (TPSA) is 61.4 Å². The highest BCUT2D eigenvalue weighted by Crippen LogP contribution is 2.47. The van der Waals surface area contributed by atoms with Crippen LogP contribution in [0, 0.1) is 0 Å². The first-order valence-corrected chi connectivity index (χ1v) is 8.47. The molecule has 1 aliphatic rings. The number of amides is 2. The number of carbonyl (C=O) groups is 1. The summed E-state index contributed by atoms with van der Waals surface area (Å²) in [6, 6.07) is 19.9. The lowest BCUT2D eigenvalue weighted by Gasteiger charge is -2.18. The Balaban J connectivity index is 1.40. The predicted molar refractivity (Wildman–Crippen MR) is 94.9 cm³/mol. The molecule has 3 rings (SSSR count). The molecule has 2 amide bonds. The summed E-state index contributed by atoms with van der Waals surface area (Å²) in [5.74, 6) is 0. The van der Waals surface area contributed by atoms with Crippen molar-refractivity contribution in [3.05, 3.63) is 71.8 Å². The number of carbonyl (C=O) groups excluding carboxylic acids is 1. The van der Waals surface area contributed by atoms with Crippen LogP contribution >= 0.6 is 0 Å². The predicted octanol–water partition coefficient (Wildman–Crippen LogP) is 2.62. The summed E-state index contributed by atoms with van der Waals surface area (Å²) < 4.78 is 0. The van der Waals surface area contributed by atoms with Crippen molar-refractivity contribution < 1.29 is 9.90 Å². The summed E-state index contributed by atoms with van der Waals surface area (Å²) in [6.45, 7) is 0.886. The first-order valence-electron chi connectivity index (χ1n) is 8.47. The maximum Gasteiger partial charge on any atom is 0.314 e. The van der Waals surface area contributed by atoms with Gasteiger partial charge in [0.2, 0.25) is 0 Å². The van der Waals surface area contributed by atoms with Gasteiger partial charge in [-0.05, 0) is 24.0 Å². The smallest absolute Gasteiger partial charge is 0.314 e. The molecule has 0 saturated heterocycles. The van der Waals surface area contributed by atoms with Gasteiger partial charge in [0.1, 0.15) is 0 Å². The van der Waals surface area contributed by atoms with Crippen LogP contribution in [0.15, 0.2) is 60.7 Å². The Morgan fingerprint density at radius 1 is 1.00 bits per heavy atom. The van der Waals surface area contributed by atoms with Crippen LogP contribution in [0.3, 0.4) is 0 Å². The van der Waals surface area contributed by atoms with E-state index < -0.39 is 6.10 Å². The molecule has 1 unspecified atom stereocenters. The average molecular weight is 324 g/mol. The van der Waals surface area contributed by atoms with E-state index in [0.717, 1.165) is 18.4 Å². The average Bonchev–Trinajstić information content (AvgIpc) is 3.41. The second-order valence-electron chi connectivity index (χ2n) is 6.55. The number of aliphatic hydroxyl groups is 1. The zero-order chi connectivity index (χ0) is 16.8. The van der Waals surface area contributed by atoms with Gasteiger partial charge in [0, 0.05) is 24.9 Å². The molecular weight excluding hydrogens is 300 g/mol. The number of aliphatic hydroxyl groups excluding tert-OH is 1. The van der Waals surface area contributed by atoms with Crippen molar-refractivity contribution in [3.8, 4) is 0 Å². The van der Waals surface area contributed by atoms with Gasteiger partial charge in [0.25, 0.3) is 0 Å². The molecule has 0 aromatic heterocycles. The Hall–Kier alpha value is -2.33. The molecule has 0 spiro atoms. The van der Waals surface area contributed by atoms with Gasteiger partial charge in [-0.15, -0.1) is 0 Å². The zero-order valence-electron chi connectivity index (χ0n) is 13.7. The van der Waals surface area contributed by atoms with Crippen LogP contribution < -0.4 is 10.6 Å². The molecule has 1 fully saturated rings. The first kappa shape index (κ1) is 16.5. The summed E-state index contributed by atoms with van der Waals surface area (Å²) in [5, 5.41) is 15.7. The van der Waals surface area contributed by atoms with Crippen molar-refractivity contribution in [2.24, 2.45) is 0 Å². The molecule has 0 radical (unpaired) electrons. The van der Waals surface area contributed by atoms with E-state index in [9.17, 15) is 9.90 Å². The molecule has 24 heavy (non-hydrogen) atoms. The van der Waals surface area contributed by atoms with Crippen LogP contribution in [-0.2, 0) is 11.8 Å². The number of hydrogen-bond acceptors (Lipinski definition) is 2. The summed E-state index contributed by atoms with van der Waals surface area (Å²) in [5.41, 5.74) is 2.45. The fourth-order valence-electron chi connectivity index (χ4n) is 2.99. The van der Waals surface area contributed by atoms with Gasteiger partial charge in [0.15, 0.2) is 0 Å². The first-order chi connectivity index (χ1) is 11.7. The molecule has 4 heteroatoms. The van der Waals surface area contributed by atoms with Crippen LogP contribution in [0.1, 0.15) is 24.0 Å². The van der Waals surface area contributed by atoms with E-state index >= 15 is 0 Å². The maximum atomic E-state index is 12.0. The van der Waals surface area contributed by atoms with E-state index in [2.05, 4.69) is 22.8 Å². The SMILES string of the molecule is O=C(NCC(O)Cc1ccccc1)NCC1(c2ccccc2)CC1. The zero-order valence-corrected chi connectivity index (χ0v) is 13.7. The molecule has 0 heterocycles. The highest BCUT2D eigenvalue weighted by molar-refractivity contribution is 5.74. The number of rotatable bonds is 7. The van der Waals surface area contributed by atoms with E-state index in [4.69, 9.17) is 0 Å². The van der Waals surface area contributed by atoms with Gasteiger partial charge < -0.3 is 15.7 Å². The van der Waals surface area contributed by atoms with Crippen LogP contribution in [-0.4, -0.2) is 30.3 Å². The monoisotopic (exact) mass is 324 g/mol. The second kappa shape index (κ2) is 7.49. The third-order valence-electron chi connectivity index (χ3n) is 4.64. The van der Waals surface area contributed by atoms with Crippen molar-refractivity contribution in [1.29, 1.82) is 0 Å². The van der Waals surface area contributed by atoms with Crippen molar-refractivity contribution in [2.45, 2.75) is 30.8 Å². The highest BCUT2D eigenvalue weighted by atomic mass is 16.3. The molecule has 126 valence electrons. The van der Waals surface area contributed by atoms with E-state index in [1.165, 1.54) is 5.56 Å². The van der Waals surface area contributed by atoms with Gasteiger partial charge in [-0.3, -0.25) is 0 Å².